The Hall–Kier alpha value is -1.00. The highest BCUT2D eigenvalue weighted by atomic mass is 79.9. The normalized spacial score (nSPS) is 12.8. The third kappa shape index (κ3) is 3.75. The minimum atomic E-state index is 0.331. The summed E-state index contributed by atoms with van der Waals surface area (Å²) in [6.07, 6.45) is 0. The average Bonchev–Trinajstić information content (AvgIpc) is 2.46. The zero-order valence-corrected chi connectivity index (χ0v) is 12.8. The minimum Gasteiger partial charge on any atom is -0.151 e. The molecule has 0 radical (unpaired) electrons. The summed E-state index contributed by atoms with van der Waals surface area (Å²) in [5, 5.41) is 9.26. The monoisotopic (exact) mass is 366 g/mol. The van der Waals surface area contributed by atoms with E-state index in [1.165, 1.54) is 5.56 Å². The maximum atomic E-state index is 4.20. The van der Waals surface area contributed by atoms with Gasteiger partial charge in [-0.15, -0.1) is 0 Å². The van der Waals surface area contributed by atoms with Gasteiger partial charge in [0.25, 0.3) is 0 Å². The van der Waals surface area contributed by atoms with Crippen molar-refractivity contribution in [2.24, 2.45) is 10.2 Å². The molecule has 1 atom stereocenters. The summed E-state index contributed by atoms with van der Waals surface area (Å²) in [7, 11) is 0. The van der Waals surface area contributed by atoms with Gasteiger partial charge in [0.05, 0.1) is 11.4 Å². The van der Waals surface area contributed by atoms with Crippen LogP contribution < -0.4 is 0 Å². The van der Waals surface area contributed by atoms with Gasteiger partial charge in [-0.1, -0.05) is 62.2 Å². The second kappa shape index (κ2) is 6.81. The van der Waals surface area contributed by atoms with Crippen LogP contribution in [0.4, 0.5) is 11.4 Å². The SMILES string of the molecule is BrCC(Br)c1ccc(/N=N/c2ccccc2)cc1. The van der Waals surface area contributed by atoms with E-state index in [-0.39, 0.29) is 0 Å². The molecular formula is C14H12Br2N2. The summed E-state index contributed by atoms with van der Waals surface area (Å²) in [6.45, 7) is 0. The van der Waals surface area contributed by atoms with Crippen LogP contribution >= 0.6 is 31.9 Å². The topological polar surface area (TPSA) is 24.7 Å². The predicted octanol–water partition coefficient (Wildman–Crippen LogP) is 5.93. The zero-order chi connectivity index (χ0) is 12.8. The fourth-order valence-corrected chi connectivity index (χ4v) is 2.13. The lowest BCUT2D eigenvalue weighted by Gasteiger charge is -2.05. The van der Waals surface area contributed by atoms with Crippen molar-refractivity contribution < 1.29 is 0 Å². The lowest BCUT2D eigenvalue weighted by molar-refractivity contribution is 1.14. The van der Waals surface area contributed by atoms with Crippen molar-refractivity contribution in [1.29, 1.82) is 0 Å². The molecule has 0 spiro atoms. The Morgan fingerprint density at radius 1 is 0.833 bits per heavy atom. The molecule has 0 N–H and O–H groups in total. The zero-order valence-electron chi connectivity index (χ0n) is 9.63. The molecule has 0 aliphatic carbocycles. The van der Waals surface area contributed by atoms with Gasteiger partial charge in [-0.2, -0.15) is 10.2 Å². The van der Waals surface area contributed by atoms with Crippen molar-refractivity contribution in [2.45, 2.75) is 4.83 Å². The van der Waals surface area contributed by atoms with Gasteiger partial charge in [0.2, 0.25) is 0 Å². The molecule has 18 heavy (non-hydrogen) atoms. The molecule has 0 heterocycles. The number of halogens is 2. The van der Waals surface area contributed by atoms with Gasteiger partial charge in [0.15, 0.2) is 0 Å². The number of hydrogen-bond donors (Lipinski definition) is 0. The van der Waals surface area contributed by atoms with Crippen LogP contribution in [0.3, 0.4) is 0 Å². The molecule has 0 aliphatic rings. The molecule has 0 aliphatic heterocycles. The Labute approximate surface area is 123 Å². The van der Waals surface area contributed by atoms with E-state index in [4.69, 9.17) is 0 Å². The number of alkyl halides is 2. The molecule has 1 unspecified atom stereocenters. The van der Waals surface area contributed by atoms with E-state index < -0.39 is 0 Å². The van der Waals surface area contributed by atoms with Gasteiger partial charge < -0.3 is 0 Å². The summed E-state index contributed by atoms with van der Waals surface area (Å²) in [5.74, 6) is 0. The molecular weight excluding hydrogens is 356 g/mol. The summed E-state index contributed by atoms with van der Waals surface area (Å²) in [4.78, 5) is 0.331. The first-order valence-electron chi connectivity index (χ1n) is 5.56. The number of nitrogens with zero attached hydrogens (tertiary/aromatic N) is 2. The van der Waals surface area contributed by atoms with Crippen LogP contribution in [0.15, 0.2) is 64.8 Å². The summed E-state index contributed by atoms with van der Waals surface area (Å²) < 4.78 is 0. The Kier molecular flexibility index (Phi) is 5.08. The highest BCUT2D eigenvalue weighted by molar-refractivity contribution is 9.12. The first-order chi connectivity index (χ1) is 8.79. The average molecular weight is 368 g/mol. The largest absolute Gasteiger partial charge is 0.151 e. The van der Waals surface area contributed by atoms with Crippen LogP contribution in [0, 0.1) is 0 Å². The van der Waals surface area contributed by atoms with Crippen LogP contribution in [-0.2, 0) is 0 Å². The van der Waals surface area contributed by atoms with E-state index in [1.54, 1.807) is 0 Å². The first kappa shape index (κ1) is 13.4. The number of hydrogen-bond acceptors (Lipinski definition) is 2. The second-order valence-electron chi connectivity index (χ2n) is 3.75. The van der Waals surface area contributed by atoms with E-state index in [9.17, 15) is 0 Å². The Balaban J connectivity index is 2.09. The number of azo groups is 1. The molecule has 92 valence electrons. The van der Waals surface area contributed by atoms with E-state index in [2.05, 4.69) is 54.2 Å². The molecule has 0 amide bonds. The Bertz CT molecular complexity index is 509. The fraction of sp³-hybridized carbons (Fsp3) is 0.143. The van der Waals surface area contributed by atoms with E-state index in [1.807, 2.05) is 42.5 Å². The van der Waals surface area contributed by atoms with Gasteiger partial charge in [-0.05, 0) is 29.8 Å². The van der Waals surface area contributed by atoms with Gasteiger partial charge >= 0.3 is 0 Å². The van der Waals surface area contributed by atoms with Crippen molar-refractivity contribution in [1.82, 2.24) is 0 Å². The first-order valence-corrected chi connectivity index (χ1v) is 7.60. The van der Waals surface area contributed by atoms with E-state index >= 15 is 0 Å². The van der Waals surface area contributed by atoms with Crippen molar-refractivity contribution in [3.05, 3.63) is 60.2 Å². The molecule has 0 aromatic heterocycles. The molecule has 0 saturated heterocycles. The summed E-state index contributed by atoms with van der Waals surface area (Å²) >= 11 is 7.03. The maximum absolute atomic E-state index is 4.20. The predicted molar refractivity (Wildman–Crippen MR) is 82.5 cm³/mol. The molecule has 0 fully saturated rings. The number of benzene rings is 2. The van der Waals surface area contributed by atoms with Crippen molar-refractivity contribution >= 4 is 43.2 Å². The maximum Gasteiger partial charge on any atom is 0.0857 e. The molecule has 4 heteroatoms. The van der Waals surface area contributed by atoms with Crippen LogP contribution in [0.1, 0.15) is 10.4 Å². The highest BCUT2D eigenvalue weighted by Crippen LogP contribution is 2.27. The summed E-state index contributed by atoms with van der Waals surface area (Å²) in [5.41, 5.74) is 2.95. The quantitative estimate of drug-likeness (QED) is 0.472. The van der Waals surface area contributed by atoms with Crippen molar-refractivity contribution in [3.8, 4) is 0 Å². The van der Waals surface area contributed by atoms with E-state index in [0.29, 0.717) is 4.83 Å². The molecule has 0 saturated carbocycles. The molecule has 2 aromatic carbocycles. The van der Waals surface area contributed by atoms with E-state index in [0.717, 1.165) is 16.7 Å². The van der Waals surface area contributed by atoms with Gasteiger partial charge in [-0.3, -0.25) is 0 Å². The Morgan fingerprint density at radius 2 is 1.39 bits per heavy atom. The van der Waals surface area contributed by atoms with Crippen LogP contribution in [-0.4, -0.2) is 5.33 Å². The summed E-state index contributed by atoms with van der Waals surface area (Å²) in [6, 6.07) is 17.8. The molecule has 2 nitrogen and oxygen atoms in total. The van der Waals surface area contributed by atoms with Gasteiger partial charge in [-0.25, -0.2) is 0 Å². The van der Waals surface area contributed by atoms with Crippen LogP contribution in [0.25, 0.3) is 0 Å². The minimum absolute atomic E-state index is 0.331. The third-order valence-corrected chi connectivity index (χ3v) is 4.80. The Morgan fingerprint density at radius 3 is 1.94 bits per heavy atom. The second-order valence-corrected chi connectivity index (χ2v) is 5.50. The smallest absolute Gasteiger partial charge is 0.0857 e. The van der Waals surface area contributed by atoms with Crippen molar-refractivity contribution in [2.75, 3.05) is 5.33 Å². The molecule has 2 rings (SSSR count). The van der Waals surface area contributed by atoms with Gasteiger partial charge in [0, 0.05) is 10.2 Å². The van der Waals surface area contributed by atoms with Gasteiger partial charge in [0.1, 0.15) is 0 Å². The van der Waals surface area contributed by atoms with Crippen LogP contribution in [0.2, 0.25) is 0 Å². The molecule has 2 aromatic rings. The third-order valence-electron chi connectivity index (χ3n) is 2.43. The number of rotatable bonds is 4. The molecule has 0 bridgehead atoms. The van der Waals surface area contributed by atoms with Crippen molar-refractivity contribution in [3.63, 3.8) is 0 Å². The lowest BCUT2D eigenvalue weighted by atomic mass is 10.1. The lowest BCUT2D eigenvalue weighted by Crippen LogP contribution is -1.88. The fourth-order valence-electron chi connectivity index (χ4n) is 1.45. The standard InChI is InChI=1S/C14H12Br2N2/c15-10-14(16)11-6-8-13(9-7-11)18-17-12-4-2-1-3-5-12/h1-9,14H,10H2/b18-17+. The highest BCUT2D eigenvalue weighted by Gasteiger charge is 2.04. The van der Waals surface area contributed by atoms with Crippen LogP contribution in [0.5, 0.6) is 0 Å².